The average Bonchev–Trinajstić information content (AvgIpc) is 2.82. The normalized spacial score (nSPS) is 21.1. The van der Waals surface area contributed by atoms with Crippen LogP contribution in [0, 0.1) is 5.92 Å². The number of anilines is 1. The minimum Gasteiger partial charge on any atom is -0.348 e. The zero-order valence-corrected chi connectivity index (χ0v) is 11.2. The zero-order valence-electron chi connectivity index (χ0n) is 10.4. The summed E-state index contributed by atoms with van der Waals surface area (Å²) < 4.78 is 0. The Kier molecular flexibility index (Phi) is 3.50. The van der Waals surface area contributed by atoms with E-state index in [0.29, 0.717) is 12.5 Å². The molecule has 1 aliphatic rings. The fourth-order valence-corrected chi connectivity index (χ4v) is 3.32. The molecule has 0 bridgehead atoms. The number of nitrogens with two attached hydrogens (primary N) is 1. The first kappa shape index (κ1) is 11.9. The van der Waals surface area contributed by atoms with Gasteiger partial charge in [0, 0.05) is 24.5 Å². The van der Waals surface area contributed by atoms with Crippen molar-refractivity contribution in [1.82, 2.24) is 4.98 Å². The summed E-state index contributed by atoms with van der Waals surface area (Å²) in [6.07, 6.45) is 1.29. The first-order valence-corrected chi connectivity index (χ1v) is 6.88. The quantitative estimate of drug-likeness (QED) is 0.881. The van der Waals surface area contributed by atoms with Crippen molar-refractivity contribution in [3.05, 3.63) is 10.6 Å². The van der Waals surface area contributed by atoms with Crippen molar-refractivity contribution < 1.29 is 0 Å². The molecule has 2 heterocycles. The number of nitrogens with zero attached hydrogens (tertiary/aromatic N) is 2. The van der Waals surface area contributed by atoms with Gasteiger partial charge in [0.25, 0.3) is 0 Å². The van der Waals surface area contributed by atoms with Crippen molar-refractivity contribution in [3.8, 4) is 0 Å². The Morgan fingerprint density at radius 1 is 1.56 bits per heavy atom. The molecule has 16 heavy (non-hydrogen) atoms. The van der Waals surface area contributed by atoms with Crippen molar-refractivity contribution in [2.75, 3.05) is 18.0 Å². The monoisotopic (exact) mass is 239 g/mol. The summed E-state index contributed by atoms with van der Waals surface area (Å²) in [6.45, 7) is 9.59. The molecule has 1 aromatic heterocycles. The zero-order chi connectivity index (χ0) is 11.7. The van der Waals surface area contributed by atoms with E-state index in [1.54, 1.807) is 11.3 Å². The van der Waals surface area contributed by atoms with Crippen LogP contribution >= 0.6 is 11.3 Å². The van der Waals surface area contributed by atoms with E-state index >= 15 is 0 Å². The van der Waals surface area contributed by atoms with Crippen LogP contribution in [0.15, 0.2) is 0 Å². The molecule has 0 aromatic carbocycles. The van der Waals surface area contributed by atoms with Gasteiger partial charge in [0.15, 0.2) is 5.13 Å². The van der Waals surface area contributed by atoms with Crippen LogP contribution in [-0.4, -0.2) is 18.1 Å². The third-order valence-electron chi connectivity index (χ3n) is 3.14. The standard InChI is InChI=1S/C12H21N3S/c1-8(2)11-10(6-13)16-12(14-11)15-5-4-9(3)7-15/h8-9H,4-7,13H2,1-3H3. The topological polar surface area (TPSA) is 42.2 Å². The highest BCUT2D eigenvalue weighted by molar-refractivity contribution is 7.15. The maximum atomic E-state index is 5.78. The first-order valence-electron chi connectivity index (χ1n) is 6.06. The Balaban J connectivity index is 2.22. The highest BCUT2D eigenvalue weighted by Gasteiger charge is 2.23. The Hall–Kier alpha value is -0.610. The van der Waals surface area contributed by atoms with Gasteiger partial charge in [-0.2, -0.15) is 0 Å². The SMILES string of the molecule is CC1CCN(c2nc(C(C)C)c(CN)s2)C1. The van der Waals surface area contributed by atoms with E-state index < -0.39 is 0 Å². The second-order valence-corrected chi connectivity index (χ2v) is 6.07. The molecule has 1 atom stereocenters. The van der Waals surface area contributed by atoms with Gasteiger partial charge in [0.05, 0.1) is 5.69 Å². The summed E-state index contributed by atoms with van der Waals surface area (Å²) in [5.41, 5.74) is 6.98. The van der Waals surface area contributed by atoms with Gasteiger partial charge >= 0.3 is 0 Å². The number of thiazole rings is 1. The lowest BCUT2D eigenvalue weighted by atomic mass is 10.1. The van der Waals surface area contributed by atoms with Gasteiger partial charge in [-0.05, 0) is 18.3 Å². The molecule has 0 spiro atoms. The minimum absolute atomic E-state index is 0.476. The maximum Gasteiger partial charge on any atom is 0.185 e. The lowest BCUT2D eigenvalue weighted by molar-refractivity contribution is 0.659. The Morgan fingerprint density at radius 3 is 2.75 bits per heavy atom. The molecule has 3 nitrogen and oxygen atoms in total. The first-order chi connectivity index (χ1) is 7.61. The summed E-state index contributed by atoms with van der Waals surface area (Å²) >= 11 is 1.78. The van der Waals surface area contributed by atoms with E-state index in [4.69, 9.17) is 10.7 Å². The van der Waals surface area contributed by atoms with Gasteiger partial charge < -0.3 is 10.6 Å². The molecular weight excluding hydrogens is 218 g/mol. The molecule has 1 saturated heterocycles. The average molecular weight is 239 g/mol. The fraction of sp³-hybridized carbons (Fsp3) is 0.750. The Bertz CT molecular complexity index is 359. The largest absolute Gasteiger partial charge is 0.348 e. The summed E-state index contributed by atoms with van der Waals surface area (Å²) in [4.78, 5) is 8.42. The predicted molar refractivity (Wildman–Crippen MR) is 70.1 cm³/mol. The van der Waals surface area contributed by atoms with Crippen molar-refractivity contribution in [2.45, 2.75) is 39.7 Å². The molecule has 0 aliphatic carbocycles. The summed E-state index contributed by atoms with van der Waals surface area (Å²) in [5.74, 6) is 1.27. The summed E-state index contributed by atoms with van der Waals surface area (Å²) in [7, 11) is 0. The predicted octanol–water partition coefficient (Wildman–Crippen LogP) is 2.57. The molecular formula is C12H21N3S. The minimum atomic E-state index is 0.476. The van der Waals surface area contributed by atoms with Crippen LogP contribution in [-0.2, 0) is 6.54 Å². The van der Waals surface area contributed by atoms with E-state index in [9.17, 15) is 0 Å². The molecule has 1 aliphatic heterocycles. The van der Waals surface area contributed by atoms with Gasteiger partial charge in [0.1, 0.15) is 0 Å². The lowest BCUT2D eigenvalue weighted by Gasteiger charge is -2.13. The molecule has 90 valence electrons. The molecule has 1 aromatic rings. The summed E-state index contributed by atoms with van der Waals surface area (Å²) in [6, 6.07) is 0. The second kappa shape index (κ2) is 4.72. The Morgan fingerprint density at radius 2 is 2.31 bits per heavy atom. The van der Waals surface area contributed by atoms with Crippen LogP contribution < -0.4 is 10.6 Å². The molecule has 4 heteroatoms. The van der Waals surface area contributed by atoms with Gasteiger partial charge in [-0.3, -0.25) is 0 Å². The molecule has 1 fully saturated rings. The van der Waals surface area contributed by atoms with Crippen LogP contribution in [0.3, 0.4) is 0 Å². The van der Waals surface area contributed by atoms with Crippen molar-refractivity contribution >= 4 is 16.5 Å². The van der Waals surface area contributed by atoms with E-state index in [-0.39, 0.29) is 0 Å². The van der Waals surface area contributed by atoms with E-state index in [1.807, 2.05) is 0 Å². The molecule has 1 unspecified atom stereocenters. The molecule has 0 saturated carbocycles. The molecule has 2 N–H and O–H groups in total. The van der Waals surface area contributed by atoms with Gasteiger partial charge in [-0.1, -0.05) is 20.8 Å². The highest BCUT2D eigenvalue weighted by atomic mass is 32.1. The van der Waals surface area contributed by atoms with Gasteiger partial charge in [0.2, 0.25) is 0 Å². The number of rotatable bonds is 3. The molecule has 2 rings (SSSR count). The van der Waals surface area contributed by atoms with E-state index in [0.717, 1.165) is 19.0 Å². The lowest BCUT2D eigenvalue weighted by Crippen LogP contribution is -2.18. The number of aromatic nitrogens is 1. The van der Waals surface area contributed by atoms with E-state index in [1.165, 1.54) is 22.1 Å². The number of hydrogen-bond donors (Lipinski definition) is 1. The van der Waals surface area contributed by atoms with Crippen LogP contribution in [0.5, 0.6) is 0 Å². The van der Waals surface area contributed by atoms with Crippen LogP contribution in [0.1, 0.15) is 43.7 Å². The number of hydrogen-bond acceptors (Lipinski definition) is 4. The smallest absolute Gasteiger partial charge is 0.185 e. The van der Waals surface area contributed by atoms with Crippen molar-refractivity contribution in [3.63, 3.8) is 0 Å². The van der Waals surface area contributed by atoms with Crippen molar-refractivity contribution in [1.29, 1.82) is 0 Å². The second-order valence-electron chi connectivity index (χ2n) is 5.00. The molecule has 0 amide bonds. The van der Waals surface area contributed by atoms with Crippen molar-refractivity contribution in [2.24, 2.45) is 11.7 Å². The maximum absolute atomic E-state index is 5.78. The fourth-order valence-electron chi connectivity index (χ4n) is 2.19. The third-order valence-corrected chi connectivity index (χ3v) is 4.30. The molecule has 0 radical (unpaired) electrons. The van der Waals surface area contributed by atoms with E-state index in [2.05, 4.69) is 25.7 Å². The van der Waals surface area contributed by atoms with Crippen LogP contribution in [0.2, 0.25) is 0 Å². The van der Waals surface area contributed by atoms with Gasteiger partial charge in [-0.25, -0.2) is 4.98 Å². The van der Waals surface area contributed by atoms with Crippen LogP contribution in [0.25, 0.3) is 0 Å². The third kappa shape index (κ3) is 2.23. The van der Waals surface area contributed by atoms with Gasteiger partial charge in [-0.15, -0.1) is 11.3 Å². The Labute approximate surface area is 102 Å². The summed E-state index contributed by atoms with van der Waals surface area (Å²) in [5, 5.41) is 1.17. The highest BCUT2D eigenvalue weighted by Crippen LogP contribution is 2.33. The van der Waals surface area contributed by atoms with Crippen LogP contribution in [0.4, 0.5) is 5.13 Å².